The summed E-state index contributed by atoms with van der Waals surface area (Å²) in [5.41, 5.74) is 7.72. The molecule has 0 unspecified atom stereocenters. The molecule has 2 N–H and O–H groups in total. The summed E-state index contributed by atoms with van der Waals surface area (Å²) in [6, 6.07) is 3.99. The summed E-state index contributed by atoms with van der Waals surface area (Å²) < 4.78 is 3.44. The summed E-state index contributed by atoms with van der Waals surface area (Å²) in [4.78, 5) is 8.78. The summed E-state index contributed by atoms with van der Waals surface area (Å²) >= 11 is 4.91. The van der Waals surface area contributed by atoms with Crippen molar-refractivity contribution in [1.82, 2.24) is 9.97 Å². The van der Waals surface area contributed by atoms with Gasteiger partial charge in [-0.3, -0.25) is 0 Å². The lowest BCUT2D eigenvalue weighted by molar-refractivity contribution is 1.31. The lowest BCUT2D eigenvalue weighted by Gasteiger charge is -1.87. The van der Waals surface area contributed by atoms with E-state index in [-0.39, 0.29) is 0 Å². The molecular formula is C9H7N3S3. The maximum atomic E-state index is 5.71. The van der Waals surface area contributed by atoms with Crippen LogP contribution in [0.1, 0.15) is 0 Å². The van der Waals surface area contributed by atoms with Gasteiger partial charge in [-0.05, 0) is 18.4 Å². The van der Waals surface area contributed by atoms with Crippen molar-refractivity contribution < 1.29 is 0 Å². The maximum absolute atomic E-state index is 5.71. The monoisotopic (exact) mass is 253 g/mol. The van der Waals surface area contributed by atoms with Crippen LogP contribution in [0.15, 0.2) is 16.5 Å². The van der Waals surface area contributed by atoms with Crippen LogP contribution in [-0.4, -0.2) is 16.2 Å². The van der Waals surface area contributed by atoms with Gasteiger partial charge in [-0.1, -0.05) is 23.1 Å². The van der Waals surface area contributed by atoms with E-state index in [1.807, 2.05) is 18.4 Å². The Morgan fingerprint density at radius 2 is 1.80 bits per heavy atom. The molecule has 0 radical (unpaired) electrons. The third-order valence-electron chi connectivity index (χ3n) is 2.08. The number of thiazole rings is 2. The van der Waals surface area contributed by atoms with Crippen LogP contribution in [0.25, 0.3) is 20.4 Å². The van der Waals surface area contributed by atoms with Gasteiger partial charge in [0, 0.05) is 0 Å². The molecule has 1 aromatic carbocycles. The number of rotatable bonds is 1. The largest absolute Gasteiger partial charge is 0.375 e. The molecule has 0 bridgehead atoms. The molecule has 0 saturated heterocycles. The van der Waals surface area contributed by atoms with Crippen molar-refractivity contribution in [2.75, 3.05) is 12.0 Å². The second-order valence-electron chi connectivity index (χ2n) is 3.00. The first kappa shape index (κ1) is 9.38. The Hall–Kier alpha value is -0.850. The van der Waals surface area contributed by atoms with Crippen LogP contribution in [0, 0.1) is 0 Å². The molecule has 3 aromatic rings. The van der Waals surface area contributed by atoms with Crippen LogP contribution in [0.3, 0.4) is 0 Å². The van der Waals surface area contributed by atoms with Gasteiger partial charge in [-0.25, -0.2) is 9.97 Å². The van der Waals surface area contributed by atoms with E-state index in [0.29, 0.717) is 5.13 Å². The molecule has 0 aliphatic rings. The van der Waals surface area contributed by atoms with Gasteiger partial charge in [-0.2, -0.15) is 0 Å². The average Bonchev–Trinajstić information content (AvgIpc) is 2.78. The minimum absolute atomic E-state index is 0.622. The van der Waals surface area contributed by atoms with Gasteiger partial charge in [0.15, 0.2) is 9.47 Å². The zero-order valence-corrected chi connectivity index (χ0v) is 10.3. The van der Waals surface area contributed by atoms with E-state index in [1.165, 1.54) is 16.0 Å². The third-order valence-corrected chi connectivity index (χ3v) is 5.20. The normalized spacial score (nSPS) is 11.5. The number of hydrogen-bond donors (Lipinski definition) is 1. The van der Waals surface area contributed by atoms with Crippen molar-refractivity contribution in [2.24, 2.45) is 0 Å². The molecule has 2 aromatic heterocycles. The second-order valence-corrected chi connectivity index (χ2v) is 6.08. The Bertz CT molecular complexity index is 640. The highest BCUT2D eigenvalue weighted by atomic mass is 32.2. The summed E-state index contributed by atoms with van der Waals surface area (Å²) in [5.74, 6) is 0. The van der Waals surface area contributed by atoms with Crippen molar-refractivity contribution >= 4 is 60.0 Å². The average molecular weight is 253 g/mol. The Balaban J connectivity index is 2.46. The molecule has 0 saturated carbocycles. The first-order valence-corrected chi connectivity index (χ1v) is 7.13. The van der Waals surface area contributed by atoms with Crippen LogP contribution in [0.4, 0.5) is 5.13 Å². The number of aromatic nitrogens is 2. The number of hydrogen-bond acceptors (Lipinski definition) is 6. The molecule has 0 amide bonds. The molecule has 76 valence electrons. The van der Waals surface area contributed by atoms with E-state index >= 15 is 0 Å². The molecule has 3 rings (SSSR count). The van der Waals surface area contributed by atoms with E-state index in [1.54, 1.807) is 23.1 Å². The van der Waals surface area contributed by atoms with Crippen molar-refractivity contribution in [3.05, 3.63) is 12.1 Å². The number of nitrogens with zero attached hydrogens (tertiary/aromatic N) is 2. The number of fused-ring (bicyclic) bond motifs is 3. The first-order valence-electron chi connectivity index (χ1n) is 4.27. The third kappa shape index (κ3) is 1.40. The number of benzene rings is 1. The zero-order valence-electron chi connectivity index (χ0n) is 7.85. The van der Waals surface area contributed by atoms with Crippen molar-refractivity contribution in [2.45, 2.75) is 4.34 Å². The molecule has 0 atom stereocenters. The standard InChI is InChI=1S/C9H7N3S3/c1-13-9-12-5-3-2-4-6(7(5)15-9)14-8(10)11-4/h2-3H,1H3,(H2,10,11). The van der Waals surface area contributed by atoms with Gasteiger partial charge in [0.05, 0.1) is 20.4 Å². The van der Waals surface area contributed by atoms with Crippen LogP contribution in [0.2, 0.25) is 0 Å². The van der Waals surface area contributed by atoms with Gasteiger partial charge in [-0.15, -0.1) is 11.3 Å². The van der Waals surface area contributed by atoms with Crippen LogP contribution < -0.4 is 5.73 Å². The Morgan fingerprint density at radius 3 is 2.53 bits per heavy atom. The summed E-state index contributed by atoms with van der Waals surface area (Å²) in [7, 11) is 0. The fourth-order valence-electron chi connectivity index (χ4n) is 1.46. The van der Waals surface area contributed by atoms with Gasteiger partial charge in [0.2, 0.25) is 0 Å². The number of thioether (sulfide) groups is 1. The Labute approximate surface area is 98.3 Å². The van der Waals surface area contributed by atoms with E-state index < -0.39 is 0 Å². The topological polar surface area (TPSA) is 51.8 Å². The number of nitrogen functional groups attached to an aromatic ring is 1. The molecule has 3 nitrogen and oxygen atoms in total. The van der Waals surface area contributed by atoms with Gasteiger partial charge >= 0.3 is 0 Å². The van der Waals surface area contributed by atoms with Crippen LogP contribution in [-0.2, 0) is 0 Å². The minimum Gasteiger partial charge on any atom is -0.375 e. The van der Waals surface area contributed by atoms with Gasteiger partial charge in [0.1, 0.15) is 0 Å². The molecular weight excluding hydrogens is 246 g/mol. The van der Waals surface area contributed by atoms with E-state index in [4.69, 9.17) is 5.73 Å². The molecule has 0 spiro atoms. The Kier molecular flexibility index (Phi) is 2.08. The SMILES string of the molecule is CSc1nc2ccc3nc(N)sc3c2s1. The molecule has 6 heteroatoms. The fraction of sp³-hybridized carbons (Fsp3) is 0.111. The maximum Gasteiger partial charge on any atom is 0.181 e. The van der Waals surface area contributed by atoms with Crippen molar-refractivity contribution in [1.29, 1.82) is 0 Å². The molecule has 0 aliphatic heterocycles. The molecule has 15 heavy (non-hydrogen) atoms. The first-order chi connectivity index (χ1) is 7.28. The smallest absolute Gasteiger partial charge is 0.181 e. The highest BCUT2D eigenvalue weighted by molar-refractivity contribution is 8.00. The van der Waals surface area contributed by atoms with Crippen LogP contribution in [0.5, 0.6) is 0 Å². The van der Waals surface area contributed by atoms with Crippen LogP contribution >= 0.6 is 34.4 Å². The van der Waals surface area contributed by atoms with Crippen molar-refractivity contribution in [3.63, 3.8) is 0 Å². The molecule has 2 heterocycles. The van der Waals surface area contributed by atoms with Crippen molar-refractivity contribution in [3.8, 4) is 0 Å². The summed E-state index contributed by atoms with van der Waals surface area (Å²) in [6.07, 6.45) is 2.04. The summed E-state index contributed by atoms with van der Waals surface area (Å²) in [6.45, 7) is 0. The van der Waals surface area contributed by atoms with Gasteiger partial charge in [0.25, 0.3) is 0 Å². The second kappa shape index (κ2) is 3.33. The van der Waals surface area contributed by atoms with Gasteiger partial charge < -0.3 is 5.73 Å². The predicted octanol–water partition coefficient (Wildman–Crippen LogP) is 3.21. The molecule has 0 aliphatic carbocycles. The highest BCUT2D eigenvalue weighted by Gasteiger charge is 2.10. The number of anilines is 1. The molecule has 0 fully saturated rings. The van der Waals surface area contributed by atoms with E-state index in [9.17, 15) is 0 Å². The van der Waals surface area contributed by atoms with E-state index in [0.717, 1.165) is 20.1 Å². The zero-order chi connectivity index (χ0) is 10.4. The van der Waals surface area contributed by atoms with E-state index in [2.05, 4.69) is 9.97 Å². The highest BCUT2D eigenvalue weighted by Crippen LogP contribution is 2.37. The predicted molar refractivity (Wildman–Crippen MR) is 69.0 cm³/mol. The minimum atomic E-state index is 0.622. The quantitative estimate of drug-likeness (QED) is 0.677. The summed E-state index contributed by atoms with van der Waals surface area (Å²) in [5, 5.41) is 0.622. The fourth-order valence-corrected chi connectivity index (χ4v) is 3.98. The Morgan fingerprint density at radius 1 is 1.13 bits per heavy atom. The lowest BCUT2D eigenvalue weighted by Crippen LogP contribution is -1.78. The number of nitrogens with two attached hydrogens (primary N) is 1. The lowest BCUT2D eigenvalue weighted by atomic mass is 10.3.